The Bertz CT molecular complexity index is 1230. The summed E-state index contributed by atoms with van der Waals surface area (Å²) in [5.41, 5.74) is 3.88. The fourth-order valence-electron chi connectivity index (χ4n) is 3.74. The number of para-hydroxylation sites is 1. The molecular weight excluding hydrogens is 408 g/mol. The molecule has 1 aliphatic heterocycles. The number of rotatable bonds is 4. The minimum Gasteiger partial charge on any atom is -0.322 e. The fraction of sp³-hybridized carbons (Fsp3) is 0.240. The second kappa shape index (κ2) is 7.85. The van der Waals surface area contributed by atoms with Gasteiger partial charge in [-0.25, -0.2) is 8.42 Å². The molecule has 1 aliphatic rings. The molecule has 0 saturated carbocycles. The van der Waals surface area contributed by atoms with E-state index < -0.39 is 10.0 Å². The molecule has 4 rings (SSSR count). The minimum atomic E-state index is -3.75. The number of benzene rings is 3. The minimum absolute atomic E-state index is 0.0272. The molecule has 31 heavy (non-hydrogen) atoms. The quantitative estimate of drug-likeness (QED) is 0.629. The number of sulfonamides is 1. The number of hydrogen-bond acceptors (Lipinski definition) is 3. The Morgan fingerprint density at radius 1 is 0.935 bits per heavy atom. The van der Waals surface area contributed by atoms with Crippen LogP contribution in [0.15, 0.2) is 77.7 Å². The average molecular weight is 435 g/mol. The van der Waals surface area contributed by atoms with Gasteiger partial charge in [0.2, 0.25) is 0 Å². The first-order valence-corrected chi connectivity index (χ1v) is 11.7. The first kappa shape index (κ1) is 21.1. The van der Waals surface area contributed by atoms with Crippen molar-refractivity contribution in [2.24, 2.45) is 0 Å². The van der Waals surface area contributed by atoms with Gasteiger partial charge in [0.15, 0.2) is 0 Å². The summed E-state index contributed by atoms with van der Waals surface area (Å²) in [6.07, 6.45) is 0.681. The topological polar surface area (TPSA) is 66.5 Å². The van der Waals surface area contributed by atoms with Crippen LogP contribution in [0, 0.1) is 0 Å². The summed E-state index contributed by atoms with van der Waals surface area (Å²) < 4.78 is 27.9. The van der Waals surface area contributed by atoms with E-state index in [0.29, 0.717) is 29.9 Å². The molecule has 6 heteroatoms. The van der Waals surface area contributed by atoms with Crippen LogP contribution in [-0.4, -0.2) is 20.9 Å². The molecule has 0 spiro atoms. The van der Waals surface area contributed by atoms with Gasteiger partial charge < -0.3 is 5.32 Å². The largest absolute Gasteiger partial charge is 0.322 e. The van der Waals surface area contributed by atoms with Crippen LogP contribution in [0.4, 0.5) is 11.4 Å². The molecule has 0 saturated heterocycles. The van der Waals surface area contributed by atoms with Crippen molar-refractivity contribution in [1.82, 2.24) is 0 Å². The van der Waals surface area contributed by atoms with Gasteiger partial charge in [-0.15, -0.1) is 0 Å². The van der Waals surface area contributed by atoms with Crippen LogP contribution in [0.5, 0.6) is 0 Å². The summed E-state index contributed by atoms with van der Waals surface area (Å²) >= 11 is 0. The number of carbonyl (C=O) groups is 1. The zero-order valence-corrected chi connectivity index (χ0v) is 18.7. The lowest BCUT2D eigenvalue weighted by atomic mass is 9.87. The highest BCUT2D eigenvalue weighted by molar-refractivity contribution is 7.92. The van der Waals surface area contributed by atoms with Crippen LogP contribution >= 0.6 is 0 Å². The van der Waals surface area contributed by atoms with Gasteiger partial charge in [0.05, 0.1) is 10.6 Å². The smallest absolute Gasteiger partial charge is 0.264 e. The summed E-state index contributed by atoms with van der Waals surface area (Å²) in [7, 11) is -3.75. The molecule has 160 valence electrons. The van der Waals surface area contributed by atoms with E-state index in [-0.39, 0.29) is 16.2 Å². The molecule has 0 bridgehead atoms. The number of hydrogen-bond donors (Lipinski definition) is 1. The van der Waals surface area contributed by atoms with E-state index in [1.165, 1.54) is 22.0 Å². The molecule has 1 heterocycles. The van der Waals surface area contributed by atoms with Crippen LogP contribution in [0.3, 0.4) is 0 Å². The molecule has 0 radical (unpaired) electrons. The summed E-state index contributed by atoms with van der Waals surface area (Å²) in [4.78, 5) is 12.9. The average Bonchev–Trinajstić information content (AvgIpc) is 3.18. The van der Waals surface area contributed by atoms with E-state index >= 15 is 0 Å². The lowest BCUT2D eigenvalue weighted by molar-refractivity contribution is 0.102. The molecule has 0 unspecified atom stereocenters. The standard InChI is InChI=1S/C25H26N2O3S/c1-25(2,3)20-11-13-21(14-12-20)26-24(28)19-8-6-9-22(17-19)31(29,30)27-16-15-18-7-4-5-10-23(18)27/h4-14,17H,15-16H2,1-3H3,(H,26,28). The van der Waals surface area contributed by atoms with Gasteiger partial charge in [0, 0.05) is 17.8 Å². The third kappa shape index (κ3) is 4.21. The molecule has 1 N–H and O–H groups in total. The van der Waals surface area contributed by atoms with Crippen LogP contribution < -0.4 is 9.62 Å². The predicted octanol–water partition coefficient (Wildman–Crippen LogP) is 4.99. The highest BCUT2D eigenvalue weighted by Gasteiger charge is 2.31. The van der Waals surface area contributed by atoms with Crippen molar-refractivity contribution in [2.75, 3.05) is 16.2 Å². The molecule has 0 aromatic heterocycles. The van der Waals surface area contributed by atoms with Crippen molar-refractivity contribution < 1.29 is 13.2 Å². The van der Waals surface area contributed by atoms with Crippen LogP contribution in [-0.2, 0) is 21.9 Å². The summed E-state index contributed by atoms with van der Waals surface area (Å²) in [6.45, 7) is 6.79. The molecule has 0 atom stereocenters. The number of nitrogens with one attached hydrogen (secondary N) is 1. The summed E-state index contributed by atoms with van der Waals surface area (Å²) in [5, 5.41) is 2.85. The first-order valence-electron chi connectivity index (χ1n) is 10.3. The van der Waals surface area contributed by atoms with E-state index in [4.69, 9.17) is 0 Å². The maximum atomic E-state index is 13.3. The highest BCUT2D eigenvalue weighted by Crippen LogP contribution is 2.33. The monoisotopic (exact) mass is 434 g/mol. The van der Waals surface area contributed by atoms with Crippen LogP contribution in [0.1, 0.15) is 42.3 Å². The lowest BCUT2D eigenvalue weighted by Gasteiger charge is -2.20. The Kier molecular flexibility index (Phi) is 5.35. The van der Waals surface area contributed by atoms with Gasteiger partial charge in [0.25, 0.3) is 15.9 Å². The number of fused-ring (bicyclic) bond motifs is 1. The van der Waals surface area contributed by atoms with Crippen molar-refractivity contribution in [3.05, 3.63) is 89.5 Å². The number of nitrogens with zero attached hydrogens (tertiary/aromatic N) is 1. The van der Waals surface area contributed by atoms with E-state index in [0.717, 1.165) is 5.56 Å². The van der Waals surface area contributed by atoms with Crippen molar-refractivity contribution in [1.29, 1.82) is 0 Å². The maximum absolute atomic E-state index is 13.3. The molecule has 5 nitrogen and oxygen atoms in total. The van der Waals surface area contributed by atoms with Gasteiger partial charge in [-0.2, -0.15) is 0 Å². The second-order valence-electron chi connectivity index (χ2n) is 8.77. The zero-order chi connectivity index (χ0) is 22.2. The van der Waals surface area contributed by atoms with E-state index in [2.05, 4.69) is 26.1 Å². The lowest BCUT2D eigenvalue weighted by Crippen LogP contribution is -2.29. The highest BCUT2D eigenvalue weighted by atomic mass is 32.2. The van der Waals surface area contributed by atoms with Gasteiger partial charge >= 0.3 is 0 Å². The van der Waals surface area contributed by atoms with E-state index in [9.17, 15) is 13.2 Å². The van der Waals surface area contributed by atoms with Gasteiger partial charge in [-0.3, -0.25) is 9.10 Å². The Morgan fingerprint density at radius 2 is 1.65 bits per heavy atom. The molecular formula is C25H26N2O3S. The molecule has 0 aliphatic carbocycles. The van der Waals surface area contributed by atoms with Gasteiger partial charge in [-0.1, -0.05) is 57.2 Å². The molecule has 3 aromatic rings. The number of amides is 1. The third-order valence-corrected chi connectivity index (χ3v) is 7.35. The maximum Gasteiger partial charge on any atom is 0.264 e. The van der Waals surface area contributed by atoms with Crippen molar-refractivity contribution in [3.8, 4) is 0 Å². The van der Waals surface area contributed by atoms with Crippen molar-refractivity contribution in [3.63, 3.8) is 0 Å². The Hall–Kier alpha value is -3.12. The summed E-state index contributed by atoms with van der Waals surface area (Å²) in [5.74, 6) is -0.345. The van der Waals surface area contributed by atoms with Gasteiger partial charge in [-0.05, 0) is 59.4 Å². The van der Waals surface area contributed by atoms with E-state index in [1.807, 2.05) is 48.5 Å². The first-order chi connectivity index (χ1) is 14.7. The second-order valence-corrected chi connectivity index (χ2v) is 10.6. The van der Waals surface area contributed by atoms with Crippen molar-refractivity contribution >= 4 is 27.3 Å². The number of carbonyl (C=O) groups excluding carboxylic acids is 1. The third-order valence-electron chi connectivity index (χ3n) is 5.54. The SMILES string of the molecule is CC(C)(C)c1ccc(NC(=O)c2cccc(S(=O)(=O)N3CCc4ccccc43)c2)cc1. The number of anilines is 2. The Morgan fingerprint density at radius 3 is 2.35 bits per heavy atom. The molecule has 1 amide bonds. The summed E-state index contributed by atoms with van der Waals surface area (Å²) in [6, 6.07) is 21.4. The van der Waals surface area contributed by atoms with Crippen LogP contribution in [0.25, 0.3) is 0 Å². The predicted molar refractivity (Wildman–Crippen MR) is 124 cm³/mol. The fourth-order valence-corrected chi connectivity index (χ4v) is 5.29. The van der Waals surface area contributed by atoms with E-state index in [1.54, 1.807) is 12.1 Å². The normalized spacial score (nSPS) is 13.7. The zero-order valence-electron chi connectivity index (χ0n) is 17.9. The molecule has 0 fully saturated rings. The van der Waals surface area contributed by atoms with Crippen molar-refractivity contribution in [2.45, 2.75) is 37.5 Å². The van der Waals surface area contributed by atoms with Crippen LogP contribution in [0.2, 0.25) is 0 Å². The van der Waals surface area contributed by atoms with Gasteiger partial charge in [0.1, 0.15) is 0 Å². The Labute approximate surface area is 183 Å². The Balaban J connectivity index is 1.56. The molecule has 3 aromatic carbocycles.